The summed E-state index contributed by atoms with van der Waals surface area (Å²) < 4.78 is 0.662. The minimum Gasteiger partial charge on any atom is -0.399 e. The van der Waals surface area contributed by atoms with Crippen LogP contribution in [0.2, 0.25) is 0 Å². The maximum atomic E-state index is 11.4. The van der Waals surface area contributed by atoms with Gasteiger partial charge in [-0.1, -0.05) is 6.07 Å². The lowest BCUT2D eigenvalue weighted by atomic mass is 10.1. The SMILES string of the molecule is NC(=O)c1c(Br)cccc1Nc1ccc(N)cc1. The van der Waals surface area contributed by atoms with E-state index in [4.69, 9.17) is 11.5 Å². The van der Waals surface area contributed by atoms with Gasteiger partial charge in [-0.15, -0.1) is 0 Å². The highest BCUT2D eigenvalue weighted by Crippen LogP contribution is 2.27. The summed E-state index contributed by atoms with van der Waals surface area (Å²) in [5.74, 6) is -0.486. The fraction of sp³-hybridized carbons (Fsp3) is 0. The van der Waals surface area contributed by atoms with Crippen LogP contribution < -0.4 is 16.8 Å². The molecule has 0 spiro atoms. The van der Waals surface area contributed by atoms with Gasteiger partial charge in [0.2, 0.25) is 0 Å². The van der Waals surface area contributed by atoms with Gasteiger partial charge in [0.15, 0.2) is 0 Å². The summed E-state index contributed by atoms with van der Waals surface area (Å²) in [5.41, 5.74) is 13.6. The number of nitrogens with two attached hydrogens (primary N) is 2. The van der Waals surface area contributed by atoms with Gasteiger partial charge < -0.3 is 16.8 Å². The van der Waals surface area contributed by atoms with E-state index in [2.05, 4.69) is 21.2 Å². The molecule has 2 rings (SSSR count). The van der Waals surface area contributed by atoms with Crippen molar-refractivity contribution in [2.45, 2.75) is 0 Å². The third kappa shape index (κ3) is 2.62. The van der Waals surface area contributed by atoms with Crippen molar-refractivity contribution < 1.29 is 4.79 Å². The topological polar surface area (TPSA) is 81.1 Å². The van der Waals surface area contributed by atoms with E-state index < -0.39 is 5.91 Å². The first-order chi connectivity index (χ1) is 8.58. The van der Waals surface area contributed by atoms with Gasteiger partial charge in [-0.2, -0.15) is 0 Å². The zero-order chi connectivity index (χ0) is 13.1. The van der Waals surface area contributed by atoms with Crippen molar-refractivity contribution in [3.63, 3.8) is 0 Å². The van der Waals surface area contributed by atoms with Crippen molar-refractivity contribution in [3.8, 4) is 0 Å². The van der Waals surface area contributed by atoms with Crippen LogP contribution in [0.15, 0.2) is 46.9 Å². The molecule has 0 aliphatic carbocycles. The number of hydrogen-bond donors (Lipinski definition) is 3. The van der Waals surface area contributed by atoms with Gasteiger partial charge in [0.25, 0.3) is 5.91 Å². The summed E-state index contributed by atoms with van der Waals surface area (Å²) in [6.07, 6.45) is 0. The first-order valence-electron chi connectivity index (χ1n) is 5.29. The summed E-state index contributed by atoms with van der Waals surface area (Å²) in [6.45, 7) is 0. The van der Waals surface area contributed by atoms with Crippen LogP contribution in [0, 0.1) is 0 Å². The van der Waals surface area contributed by atoms with Crippen LogP contribution in [0.4, 0.5) is 17.1 Å². The van der Waals surface area contributed by atoms with Crippen LogP contribution in [0.25, 0.3) is 0 Å². The molecule has 0 aromatic heterocycles. The molecule has 0 unspecified atom stereocenters. The lowest BCUT2D eigenvalue weighted by molar-refractivity contribution is 0.100. The number of hydrogen-bond acceptors (Lipinski definition) is 3. The van der Waals surface area contributed by atoms with E-state index >= 15 is 0 Å². The number of primary amides is 1. The molecule has 0 heterocycles. The molecule has 0 atom stereocenters. The van der Waals surface area contributed by atoms with Crippen LogP contribution >= 0.6 is 15.9 Å². The maximum absolute atomic E-state index is 11.4. The molecule has 5 N–H and O–H groups in total. The second-order valence-corrected chi connectivity index (χ2v) is 4.63. The van der Waals surface area contributed by atoms with Crippen LogP contribution in [0.3, 0.4) is 0 Å². The van der Waals surface area contributed by atoms with Gasteiger partial charge in [0.05, 0.1) is 11.3 Å². The molecular weight excluding hydrogens is 294 g/mol. The summed E-state index contributed by atoms with van der Waals surface area (Å²) >= 11 is 3.31. The number of benzene rings is 2. The average molecular weight is 306 g/mol. The van der Waals surface area contributed by atoms with Crippen molar-refractivity contribution in [3.05, 3.63) is 52.5 Å². The molecule has 2 aromatic rings. The molecule has 0 bridgehead atoms. The van der Waals surface area contributed by atoms with Gasteiger partial charge in [0.1, 0.15) is 0 Å². The Morgan fingerprint density at radius 2 is 1.78 bits per heavy atom. The first-order valence-corrected chi connectivity index (χ1v) is 6.08. The molecule has 0 saturated carbocycles. The van der Waals surface area contributed by atoms with Crippen molar-refractivity contribution >= 4 is 38.9 Å². The predicted octanol–water partition coefficient (Wildman–Crippen LogP) is 2.87. The maximum Gasteiger partial charge on any atom is 0.251 e. The molecule has 92 valence electrons. The standard InChI is InChI=1S/C13H12BrN3O/c14-10-2-1-3-11(12(10)13(16)18)17-9-6-4-8(15)5-7-9/h1-7,17H,15H2,(H2,16,18). The molecule has 0 aliphatic rings. The smallest absolute Gasteiger partial charge is 0.251 e. The van der Waals surface area contributed by atoms with Gasteiger partial charge in [-0.3, -0.25) is 4.79 Å². The van der Waals surface area contributed by atoms with E-state index in [1.807, 2.05) is 18.2 Å². The van der Waals surface area contributed by atoms with Gasteiger partial charge in [0, 0.05) is 15.8 Å². The van der Waals surface area contributed by atoms with Crippen molar-refractivity contribution in [1.82, 2.24) is 0 Å². The van der Waals surface area contributed by atoms with Crippen LogP contribution in [0.5, 0.6) is 0 Å². The fourth-order valence-electron chi connectivity index (χ4n) is 1.60. The first kappa shape index (κ1) is 12.4. The van der Waals surface area contributed by atoms with Crippen molar-refractivity contribution in [2.75, 3.05) is 11.1 Å². The van der Waals surface area contributed by atoms with Gasteiger partial charge in [-0.05, 0) is 52.3 Å². The third-order valence-electron chi connectivity index (χ3n) is 2.45. The largest absolute Gasteiger partial charge is 0.399 e. The van der Waals surface area contributed by atoms with E-state index in [1.165, 1.54) is 0 Å². The third-order valence-corrected chi connectivity index (χ3v) is 3.11. The number of amides is 1. The summed E-state index contributed by atoms with van der Waals surface area (Å²) in [7, 11) is 0. The number of carbonyl (C=O) groups excluding carboxylic acids is 1. The van der Waals surface area contributed by atoms with Gasteiger partial charge in [-0.25, -0.2) is 0 Å². The van der Waals surface area contributed by atoms with Crippen molar-refractivity contribution in [1.29, 1.82) is 0 Å². The number of nitrogen functional groups attached to an aromatic ring is 1. The molecule has 0 fully saturated rings. The lowest BCUT2D eigenvalue weighted by Gasteiger charge is -2.11. The van der Waals surface area contributed by atoms with Crippen LogP contribution in [-0.2, 0) is 0 Å². The Balaban J connectivity index is 2.37. The zero-order valence-electron chi connectivity index (χ0n) is 9.48. The highest BCUT2D eigenvalue weighted by atomic mass is 79.9. The average Bonchev–Trinajstić information content (AvgIpc) is 2.32. The van der Waals surface area contributed by atoms with Gasteiger partial charge >= 0.3 is 0 Å². The highest BCUT2D eigenvalue weighted by molar-refractivity contribution is 9.10. The quantitative estimate of drug-likeness (QED) is 0.763. The normalized spacial score (nSPS) is 10.1. The Bertz CT molecular complexity index is 581. The molecule has 18 heavy (non-hydrogen) atoms. The highest BCUT2D eigenvalue weighted by Gasteiger charge is 2.11. The van der Waals surface area contributed by atoms with Crippen LogP contribution in [0.1, 0.15) is 10.4 Å². The second-order valence-electron chi connectivity index (χ2n) is 3.77. The minimum atomic E-state index is -0.486. The summed E-state index contributed by atoms with van der Waals surface area (Å²) in [6, 6.07) is 12.6. The molecule has 5 heteroatoms. The number of rotatable bonds is 3. The van der Waals surface area contributed by atoms with E-state index in [-0.39, 0.29) is 0 Å². The Kier molecular flexibility index (Phi) is 3.53. The number of halogens is 1. The number of carbonyl (C=O) groups is 1. The summed E-state index contributed by atoms with van der Waals surface area (Å²) in [4.78, 5) is 11.4. The molecule has 4 nitrogen and oxygen atoms in total. The molecule has 0 radical (unpaired) electrons. The second kappa shape index (κ2) is 5.10. The molecule has 0 aliphatic heterocycles. The number of nitrogens with one attached hydrogen (secondary N) is 1. The molecule has 0 saturated heterocycles. The summed E-state index contributed by atoms with van der Waals surface area (Å²) in [5, 5.41) is 3.14. The molecule has 1 amide bonds. The fourth-order valence-corrected chi connectivity index (χ4v) is 2.16. The van der Waals surface area contributed by atoms with E-state index in [9.17, 15) is 4.79 Å². The number of anilines is 3. The Labute approximate surface area is 113 Å². The van der Waals surface area contributed by atoms with Crippen LogP contribution in [-0.4, -0.2) is 5.91 Å². The Morgan fingerprint density at radius 3 is 2.39 bits per heavy atom. The Morgan fingerprint density at radius 1 is 1.11 bits per heavy atom. The molecular formula is C13H12BrN3O. The van der Waals surface area contributed by atoms with Crippen molar-refractivity contribution in [2.24, 2.45) is 5.73 Å². The minimum absolute atomic E-state index is 0.425. The zero-order valence-corrected chi connectivity index (χ0v) is 11.1. The lowest BCUT2D eigenvalue weighted by Crippen LogP contribution is -2.14. The Hall–Kier alpha value is -2.01. The monoisotopic (exact) mass is 305 g/mol. The molecule has 2 aromatic carbocycles. The van der Waals surface area contributed by atoms with E-state index in [0.717, 1.165) is 5.69 Å². The van der Waals surface area contributed by atoms with E-state index in [1.54, 1.807) is 24.3 Å². The predicted molar refractivity (Wildman–Crippen MR) is 76.8 cm³/mol. The van der Waals surface area contributed by atoms with E-state index in [0.29, 0.717) is 21.4 Å².